The van der Waals surface area contributed by atoms with Crippen molar-refractivity contribution in [1.82, 2.24) is 0 Å². The highest BCUT2D eigenvalue weighted by Crippen LogP contribution is 2.38. The Morgan fingerprint density at radius 3 is 1.91 bits per heavy atom. The summed E-state index contributed by atoms with van der Waals surface area (Å²) >= 11 is 5.91. The first-order valence-electron chi connectivity index (χ1n) is 10.3. The van der Waals surface area contributed by atoms with Crippen molar-refractivity contribution in [2.24, 2.45) is 0 Å². The number of carbonyl (C=O) groups excluding carboxylic acids is 1. The van der Waals surface area contributed by atoms with Crippen LogP contribution in [-0.4, -0.2) is 14.4 Å². The quantitative estimate of drug-likeness (QED) is 0.163. The first-order chi connectivity index (χ1) is 16.8. The normalized spacial score (nSPS) is 12.1. The zero-order valence-corrected chi connectivity index (χ0v) is 19.6. The third-order valence-electron chi connectivity index (χ3n) is 5.01. The van der Waals surface area contributed by atoms with E-state index in [1.165, 1.54) is 48.5 Å². The first kappa shape index (κ1) is 24.3. The van der Waals surface area contributed by atoms with Gasteiger partial charge in [-0.25, -0.2) is 22.0 Å². The van der Waals surface area contributed by atoms with Crippen molar-refractivity contribution in [3.63, 3.8) is 0 Å². The molecule has 4 rings (SSSR count). The molecule has 0 amide bonds. The van der Waals surface area contributed by atoms with Gasteiger partial charge in [-0.15, -0.1) is 0 Å². The molecule has 0 saturated carbocycles. The van der Waals surface area contributed by atoms with E-state index in [0.29, 0.717) is 0 Å². The van der Waals surface area contributed by atoms with E-state index in [2.05, 4.69) is 0 Å². The molecular weight excluding hydrogens is 494 g/mol. The molecule has 176 valence electrons. The lowest BCUT2D eigenvalue weighted by atomic mass is 10.1. The zero-order valence-electron chi connectivity index (χ0n) is 18.0. The second-order valence-corrected chi connectivity index (χ2v) is 9.68. The summed E-state index contributed by atoms with van der Waals surface area (Å²) in [5.74, 6) is -3.20. The smallest absolute Gasteiger partial charge is 0.343 e. The van der Waals surface area contributed by atoms with Crippen LogP contribution in [0, 0.1) is 11.6 Å². The van der Waals surface area contributed by atoms with Crippen molar-refractivity contribution in [2.75, 3.05) is 0 Å². The summed E-state index contributed by atoms with van der Waals surface area (Å²) in [6.07, 6.45) is 0. The van der Waals surface area contributed by atoms with Crippen LogP contribution in [0.2, 0.25) is 5.02 Å². The molecule has 0 N–H and O–H groups in total. The highest BCUT2D eigenvalue weighted by atomic mass is 35.5. The maximum Gasteiger partial charge on any atom is 0.343 e. The van der Waals surface area contributed by atoms with Crippen LogP contribution in [0.25, 0.3) is 10.7 Å². The minimum Gasteiger partial charge on any atom is -0.421 e. The Labute approximate surface area is 206 Å². The van der Waals surface area contributed by atoms with Crippen molar-refractivity contribution >= 4 is 38.1 Å². The van der Waals surface area contributed by atoms with Crippen LogP contribution in [0.1, 0.15) is 21.5 Å². The summed E-state index contributed by atoms with van der Waals surface area (Å²) in [5.41, 5.74) is -0.267. The van der Waals surface area contributed by atoms with Crippen molar-refractivity contribution < 1.29 is 26.7 Å². The molecule has 0 aliphatic rings. The van der Waals surface area contributed by atoms with Crippen LogP contribution in [-0.2, 0) is 14.6 Å². The van der Waals surface area contributed by atoms with Gasteiger partial charge in [-0.2, -0.15) is 0 Å². The molecule has 0 fully saturated rings. The van der Waals surface area contributed by atoms with Gasteiger partial charge in [0.15, 0.2) is 5.76 Å². The zero-order chi connectivity index (χ0) is 25.0. The fourth-order valence-electron chi connectivity index (χ4n) is 3.34. The van der Waals surface area contributed by atoms with Gasteiger partial charge in [-0.3, -0.25) is 0 Å². The Hall–Kier alpha value is -3.81. The van der Waals surface area contributed by atoms with Crippen molar-refractivity contribution in [1.29, 1.82) is 0 Å². The standard InChI is InChI=1S/C27H17ClF2O4S/c28-20-11-14-22(15-12-20)35(32,33)26(23-17-21(29)13-16-24(23)30)25(18-7-3-1-4-8-18)34-27(31)19-9-5-2-6-10-19/h1-17H. The Morgan fingerprint density at radius 2 is 1.31 bits per heavy atom. The highest BCUT2D eigenvalue weighted by Gasteiger charge is 2.32. The van der Waals surface area contributed by atoms with Gasteiger partial charge in [-0.1, -0.05) is 60.1 Å². The van der Waals surface area contributed by atoms with Crippen LogP contribution >= 0.6 is 11.6 Å². The van der Waals surface area contributed by atoms with Gasteiger partial charge in [0.2, 0.25) is 9.84 Å². The van der Waals surface area contributed by atoms with Gasteiger partial charge in [-0.05, 0) is 54.6 Å². The third kappa shape index (κ3) is 5.31. The van der Waals surface area contributed by atoms with Gasteiger partial charge in [0.05, 0.1) is 10.5 Å². The molecule has 4 aromatic rings. The van der Waals surface area contributed by atoms with Gasteiger partial charge in [0, 0.05) is 16.1 Å². The molecule has 0 aliphatic carbocycles. The van der Waals surface area contributed by atoms with E-state index >= 15 is 4.39 Å². The van der Waals surface area contributed by atoms with Crippen LogP contribution in [0.4, 0.5) is 8.78 Å². The Balaban J connectivity index is 2.05. The average molecular weight is 511 g/mol. The number of ether oxygens (including phenoxy) is 1. The van der Waals surface area contributed by atoms with E-state index in [-0.39, 0.29) is 21.0 Å². The van der Waals surface area contributed by atoms with Crippen LogP contribution in [0.3, 0.4) is 0 Å². The minimum absolute atomic E-state index is 0.142. The summed E-state index contributed by atoms with van der Waals surface area (Å²) in [6, 6.07) is 23.4. The Morgan fingerprint density at radius 1 is 0.743 bits per heavy atom. The molecule has 0 heterocycles. The molecule has 0 unspecified atom stereocenters. The summed E-state index contributed by atoms with van der Waals surface area (Å²) in [6.45, 7) is 0. The third-order valence-corrected chi connectivity index (χ3v) is 7.10. The lowest BCUT2D eigenvalue weighted by Crippen LogP contribution is -2.13. The van der Waals surface area contributed by atoms with E-state index in [1.807, 2.05) is 0 Å². The maximum atomic E-state index is 15.0. The van der Waals surface area contributed by atoms with Gasteiger partial charge < -0.3 is 4.74 Å². The summed E-state index contributed by atoms with van der Waals surface area (Å²) in [7, 11) is -4.55. The van der Waals surface area contributed by atoms with E-state index in [1.54, 1.807) is 36.4 Å². The van der Waals surface area contributed by atoms with Crippen molar-refractivity contribution in [2.45, 2.75) is 4.90 Å². The summed E-state index contributed by atoms with van der Waals surface area (Å²) < 4.78 is 62.6. The van der Waals surface area contributed by atoms with Crippen LogP contribution in [0.15, 0.2) is 108 Å². The van der Waals surface area contributed by atoms with E-state index in [0.717, 1.165) is 18.2 Å². The number of benzene rings is 4. The van der Waals surface area contributed by atoms with Gasteiger partial charge in [0.1, 0.15) is 16.5 Å². The lowest BCUT2D eigenvalue weighted by Gasteiger charge is -2.17. The topological polar surface area (TPSA) is 60.4 Å². The van der Waals surface area contributed by atoms with Gasteiger partial charge in [0.25, 0.3) is 0 Å². The number of hydrogen-bond acceptors (Lipinski definition) is 4. The highest BCUT2D eigenvalue weighted by molar-refractivity contribution is 8.01. The Kier molecular flexibility index (Phi) is 7.10. The average Bonchev–Trinajstić information content (AvgIpc) is 2.87. The molecule has 4 aromatic carbocycles. The van der Waals surface area contributed by atoms with E-state index < -0.39 is 43.7 Å². The minimum atomic E-state index is -4.55. The SMILES string of the molecule is O=C(OC(=C(c1cc(F)ccc1F)S(=O)(=O)c1ccc(Cl)cc1)c1ccccc1)c1ccccc1. The Bertz CT molecular complexity index is 1500. The largest absolute Gasteiger partial charge is 0.421 e. The molecule has 4 nitrogen and oxygen atoms in total. The lowest BCUT2D eigenvalue weighted by molar-refractivity contribution is 0.0693. The predicted molar refractivity (Wildman–Crippen MR) is 130 cm³/mol. The molecule has 35 heavy (non-hydrogen) atoms. The molecule has 0 spiro atoms. The monoisotopic (exact) mass is 510 g/mol. The van der Waals surface area contributed by atoms with Crippen LogP contribution < -0.4 is 0 Å². The second-order valence-electron chi connectivity index (χ2n) is 7.36. The number of esters is 1. The molecule has 0 aromatic heterocycles. The van der Waals surface area contributed by atoms with Crippen LogP contribution in [0.5, 0.6) is 0 Å². The molecule has 0 atom stereocenters. The number of rotatable bonds is 6. The molecule has 0 saturated heterocycles. The summed E-state index contributed by atoms with van der Waals surface area (Å²) in [5, 5.41) is 0.283. The van der Waals surface area contributed by atoms with Crippen molar-refractivity contribution in [3.05, 3.63) is 136 Å². The second kappa shape index (κ2) is 10.2. The molecule has 0 radical (unpaired) electrons. The molecule has 0 aliphatic heterocycles. The number of sulfone groups is 1. The van der Waals surface area contributed by atoms with E-state index in [4.69, 9.17) is 16.3 Å². The van der Waals surface area contributed by atoms with Crippen molar-refractivity contribution in [3.8, 4) is 0 Å². The van der Waals surface area contributed by atoms with Gasteiger partial charge >= 0.3 is 5.97 Å². The maximum absolute atomic E-state index is 15.0. The fraction of sp³-hybridized carbons (Fsp3) is 0. The summed E-state index contributed by atoms with van der Waals surface area (Å²) in [4.78, 5) is 12.0. The number of carbonyl (C=O) groups is 1. The molecule has 0 bridgehead atoms. The number of halogens is 3. The molecule has 8 heteroatoms. The fourth-order valence-corrected chi connectivity index (χ4v) is 5.05. The van der Waals surface area contributed by atoms with E-state index in [9.17, 15) is 17.6 Å². The molecular formula is C27H17ClF2O4S. The number of hydrogen-bond donors (Lipinski definition) is 0. The predicted octanol–water partition coefficient (Wildman–Crippen LogP) is 6.77. The first-order valence-corrected chi connectivity index (χ1v) is 12.2.